The van der Waals surface area contributed by atoms with Crippen LogP contribution in [0.2, 0.25) is 0 Å². The van der Waals surface area contributed by atoms with E-state index in [-0.39, 0.29) is 0 Å². The number of rotatable bonds is 5. The Morgan fingerprint density at radius 2 is 2.28 bits per heavy atom. The summed E-state index contributed by atoms with van der Waals surface area (Å²) in [6, 6.07) is 4.34. The van der Waals surface area contributed by atoms with Gasteiger partial charge in [-0.05, 0) is 32.4 Å². The second-order valence-electron chi connectivity index (χ2n) is 4.49. The van der Waals surface area contributed by atoms with E-state index in [1.165, 1.54) is 11.1 Å². The first-order valence-electron chi connectivity index (χ1n) is 6.37. The van der Waals surface area contributed by atoms with Crippen molar-refractivity contribution in [2.45, 2.75) is 39.9 Å². The molecule has 1 unspecified atom stereocenters. The fourth-order valence-corrected chi connectivity index (χ4v) is 2.00. The molecule has 0 saturated carbocycles. The Hall–Kier alpha value is -1.68. The van der Waals surface area contributed by atoms with Gasteiger partial charge < -0.3 is 5.32 Å². The van der Waals surface area contributed by atoms with Crippen LogP contribution in [-0.2, 0) is 13.1 Å². The molecule has 0 amide bonds. The van der Waals surface area contributed by atoms with Gasteiger partial charge in [0, 0.05) is 43.3 Å². The summed E-state index contributed by atoms with van der Waals surface area (Å²) in [5.41, 5.74) is 3.56. The lowest BCUT2D eigenvalue weighted by Crippen LogP contribution is -2.18. The van der Waals surface area contributed by atoms with E-state index in [1.807, 2.05) is 16.9 Å². The standard InChI is InChI=1S/C14H20N4/c1-4-18-10-14(12(3)17-18)11(2)16-9-13-6-5-7-15-8-13/h5-8,10-11,16H,4,9H2,1-3H3. The normalized spacial score (nSPS) is 12.6. The molecule has 1 N–H and O–H groups in total. The molecule has 18 heavy (non-hydrogen) atoms. The maximum atomic E-state index is 4.47. The van der Waals surface area contributed by atoms with Crippen LogP contribution in [0.5, 0.6) is 0 Å². The summed E-state index contributed by atoms with van der Waals surface area (Å²) >= 11 is 0. The Kier molecular flexibility index (Phi) is 4.10. The van der Waals surface area contributed by atoms with E-state index in [9.17, 15) is 0 Å². The maximum Gasteiger partial charge on any atom is 0.0641 e. The molecule has 2 aromatic rings. The zero-order valence-corrected chi connectivity index (χ0v) is 11.2. The van der Waals surface area contributed by atoms with Crippen LogP contribution < -0.4 is 5.32 Å². The van der Waals surface area contributed by atoms with Crippen molar-refractivity contribution in [1.29, 1.82) is 0 Å². The van der Waals surface area contributed by atoms with Crippen molar-refractivity contribution in [2.75, 3.05) is 0 Å². The molecule has 1 atom stereocenters. The Balaban J connectivity index is 1.99. The number of hydrogen-bond acceptors (Lipinski definition) is 3. The van der Waals surface area contributed by atoms with Crippen molar-refractivity contribution in [3.05, 3.63) is 47.5 Å². The molecule has 0 radical (unpaired) electrons. The minimum Gasteiger partial charge on any atom is -0.306 e. The van der Waals surface area contributed by atoms with Crippen LogP contribution in [0.25, 0.3) is 0 Å². The molecule has 2 aromatic heterocycles. The summed E-state index contributed by atoms with van der Waals surface area (Å²) in [5.74, 6) is 0. The Bertz CT molecular complexity index is 490. The van der Waals surface area contributed by atoms with Crippen LogP contribution in [0, 0.1) is 6.92 Å². The van der Waals surface area contributed by atoms with E-state index < -0.39 is 0 Å². The van der Waals surface area contributed by atoms with Crippen LogP contribution in [0.15, 0.2) is 30.7 Å². The van der Waals surface area contributed by atoms with Crippen LogP contribution in [0.3, 0.4) is 0 Å². The highest BCUT2D eigenvalue weighted by molar-refractivity contribution is 5.20. The van der Waals surface area contributed by atoms with Gasteiger partial charge in [0.1, 0.15) is 0 Å². The van der Waals surface area contributed by atoms with Gasteiger partial charge in [0.2, 0.25) is 0 Å². The van der Waals surface area contributed by atoms with Gasteiger partial charge in [-0.2, -0.15) is 5.10 Å². The summed E-state index contributed by atoms with van der Waals surface area (Å²) in [4.78, 5) is 4.11. The average Bonchev–Trinajstić information content (AvgIpc) is 2.78. The number of aryl methyl sites for hydroxylation is 2. The minimum atomic E-state index is 0.297. The van der Waals surface area contributed by atoms with Gasteiger partial charge in [0.15, 0.2) is 0 Å². The monoisotopic (exact) mass is 244 g/mol. The fraction of sp³-hybridized carbons (Fsp3) is 0.429. The topological polar surface area (TPSA) is 42.7 Å². The number of aromatic nitrogens is 3. The van der Waals surface area contributed by atoms with E-state index in [1.54, 1.807) is 6.20 Å². The molecule has 0 saturated heterocycles. The largest absolute Gasteiger partial charge is 0.306 e. The fourth-order valence-electron chi connectivity index (χ4n) is 2.00. The van der Waals surface area contributed by atoms with E-state index in [0.29, 0.717) is 6.04 Å². The zero-order valence-electron chi connectivity index (χ0n) is 11.2. The summed E-state index contributed by atoms with van der Waals surface area (Å²) in [5, 5.41) is 7.97. The first-order chi connectivity index (χ1) is 8.70. The van der Waals surface area contributed by atoms with Crippen molar-refractivity contribution in [3.8, 4) is 0 Å². The summed E-state index contributed by atoms with van der Waals surface area (Å²) in [6.07, 6.45) is 5.81. The first kappa shape index (κ1) is 12.8. The zero-order chi connectivity index (χ0) is 13.0. The number of nitrogens with zero attached hydrogens (tertiary/aromatic N) is 3. The molecule has 0 aliphatic rings. The molecule has 4 nitrogen and oxygen atoms in total. The van der Waals surface area contributed by atoms with E-state index in [4.69, 9.17) is 0 Å². The molecule has 0 aliphatic carbocycles. The molecule has 0 spiro atoms. The third-order valence-electron chi connectivity index (χ3n) is 3.11. The number of hydrogen-bond donors (Lipinski definition) is 1. The van der Waals surface area contributed by atoms with Gasteiger partial charge in [-0.1, -0.05) is 6.07 Å². The predicted octanol–water partition coefficient (Wildman–Crippen LogP) is 2.46. The van der Waals surface area contributed by atoms with Crippen molar-refractivity contribution >= 4 is 0 Å². The van der Waals surface area contributed by atoms with Gasteiger partial charge in [0.25, 0.3) is 0 Å². The SMILES string of the molecule is CCn1cc(C(C)NCc2cccnc2)c(C)n1. The van der Waals surface area contributed by atoms with Crippen LogP contribution in [-0.4, -0.2) is 14.8 Å². The lowest BCUT2D eigenvalue weighted by atomic mass is 10.1. The van der Waals surface area contributed by atoms with Crippen molar-refractivity contribution in [2.24, 2.45) is 0 Å². The molecule has 0 fully saturated rings. The second kappa shape index (κ2) is 5.78. The van der Waals surface area contributed by atoms with Crippen molar-refractivity contribution in [3.63, 3.8) is 0 Å². The third-order valence-corrected chi connectivity index (χ3v) is 3.11. The van der Waals surface area contributed by atoms with E-state index in [0.717, 1.165) is 18.8 Å². The number of pyridine rings is 1. The summed E-state index contributed by atoms with van der Waals surface area (Å²) in [7, 11) is 0. The molecule has 2 rings (SSSR count). The lowest BCUT2D eigenvalue weighted by Gasteiger charge is -2.12. The van der Waals surface area contributed by atoms with Gasteiger partial charge in [0.05, 0.1) is 5.69 Å². The molecule has 2 heterocycles. The summed E-state index contributed by atoms with van der Waals surface area (Å²) in [6.45, 7) is 8.07. The van der Waals surface area contributed by atoms with Crippen LogP contribution >= 0.6 is 0 Å². The number of nitrogens with one attached hydrogen (secondary N) is 1. The predicted molar refractivity (Wildman–Crippen MR) is 72.1 cm³/mol. The maximum absolute atomic E-state index is 4.47. The van der Waals surface area contributed by atoms with Gasteiger partial charge in [-0.25, -0.2) is 0 Å². The van der Waals surface area contributed by atoms with Crippen molar-refractivity contribution in [1.82, 2.24) is 20.1 Å². The van der Waals surface area contributed by atoms with Gasteiger partial charge in [-0.3, -0.25) is 9.67 Å². The molecule has 96 valence electrons. The quantitative estimate of drug-likeness (QED) is 0.878. The van der Waals surface area contributed by atoms with Crippen LogP contribution in [0.4, 0.5) is 0 Å². The van der Waals surface area contributed by atoms with E-state index >= 15 is 0 Å². The molecule has 0 aromatic carbocycles. The van der Waals surface area contributed by atoms with Gasteiger partial charge >= 0.3 is 0 Å². The minimum absolute atomic E-state index is 0.297. The smallest absolute Gasteiger partial charge is 0.0641 e. The van der Waals surface area contributed by atoms with Gasteiger partial charge in [-0.15, -0.1) is 0 Å². The molecule has 0 bridgehead atoms. The Morgan fingerprint density at radius 3 is 2.89 bits per heavy atom. The highest BCUT2D eigenvalue weighted by atomic mass is 15.3. The van der Waals surface area contributed by atoms with Crippen molar-refractivity contribution < 1.29 is 0 Å². The molecular formula is C14H20N4. The van der Waals surface area contributed by atoms with Crippen LogP contribution in [0.1, 0.15) is 36.7 Å². The molecular weight excluding hydrogens is 224 g/mol. The summed E-state index contributed by atoms with van der Waals surface area (Å²) < 4.78 is 1.98. The highest BCUT2D eigenvalue weighted by Gasteiger charge is 2.11. The molecule has 4 heteroatoms. The second-order valence-corrected chi connectivity index (χ2v) is 4.49. The Morgan fingerprint density at radius 1 is 1.44 bits per heavy atom. The first-order valence-corrected chi connectivity index (χ1v) is 6.37. The lowest BCUT2D eigenvalue weighted by molar-refractivity contribution is 0.570. The van der Waals surface area contributed by atoms with E-state index in [2.05, 4.69) is 48.4 Å². The Labute approximate surface area is 108 Å². The molecule has 0 aliphatic heterocycles. The average molecular weight is 244 g/mol. The third kappa shape index (κ3) is 2.96. The highest BCUT2D eigenvalue weighted by Crippen LogP contribution is 2.16.